The molecule has 1 aliphatic rings. The Labute approximate surface area is 101 Å². The molecule has 1 aromatic rings. The fraction of sp³-hybridized carbons (Fsp3) is 0.385. The molecule has 0 unspecified atom stereocenters. The molecule has 4 nitrogen and oxygen atoms in total. The van der Waals surface area contributed by atoms with Crippen LogP contribution in [-0.2, 0) is 0 Å². The zero-order chi connectivity index (χ0) is 12.4. The summed E-state index contributed by atoms with van der Waals surface area (Å²) in [7, 11) is 0. The highest BCUT2D eigenvalue weighted by Crippen LogP contribution is 2.24. The highest BCUT2D eigenvalue weighted by atomic mass is 16.4. The van der Waals surface area contributed by atoms with Gasteiger partial charge in [0, 0.05) is 18.8 Å². The standard InChI is InChI=1S/C13H16N2O2/c1-9-8-10(2)14-12(11(9)13(16)17)15-6-4-3-5-7-15/h3-4,8H,5-7H2,1-2H3,(H,16,17). The Balaban J connectivity index is 2.50. The van der Waals surface area contributed by atoms with Crippen molar-refractivity contribution in [3.63, 3.8) is 0 Å². The lowest BCUT2D eigenvalue weighted by Crippen LogP contribution is -2.30. The topological polar surface area (TPSA) is 53.4 Å². The molecule has 4 heteroatoms. The van der Waals surface area contributed by atoms with Gasteiger partial charge in [0.1, 0.15) is 11.4 Å². The molecule has 0 aliphatic carbocycles. The van der Waals surface area contributed by atoms with E-state index in [1.165, 1.54) is 0 Å². The molecule has 17 heavy (non-hydrogen) atoms. The number of rotatable bonds is 2. The van der Waals surface area contributed by atoms with E-state index < -0.39 is 5.97 Å². The Morgan fingerprint density at radius 3 is 2.76 bits per heavy atom. The van der Waals surface area contributed by atoms with Crippen molar-refractivity contribution in [3.8, 4) is 0 Å². The molecule has 0 radical (unpaired) electrons. The number of anilines is 1. The number of hydrogen-bond donors (Lipinski definition) is 1. The minimum Gasteiger partial charge on any atom is -0.478 e. The number of aromatic nitrogens is 1. The van der Waals surface area contributed by atoms with Crippen LogP contribution in [0.3, 0.4) is 0 Å². The van der Waals surface area contributed by atoms with Crippen LogP contribution < -0.4 is 4.90 Å². The average Bonchev–Trinajstić information content (AvgIpc) is 2.28. The number of pyridine rings is 1. The number of carbonyl (C=O) groups is 1. The van der Waals surface area contributed by atoms with Crippen LogP contribution in [0.5, 0.6) is 0 Å². The number of carboxylic acids is 1. The molecule has 2 rings (SSSR count). The van der Waals surface area contributed by atoms with Crippen LogP contribution in [0.2, 0.25) is 0 Å². The van der Waals surface area contributed by atoms with Gasteiger partial charge >= 0.3 is 5.97 Å². The summed E-state index contributed by atoms with van der Waals surface area (Å²) in [6.07, 6.45) is 5.10. The van der Waals surface area contributed by atoms with Crippen LogP contribution in [0.25, 0.3) is 0 Å². The lowest BCUT2D eigenvalue weighted by molar-refractivity contribution is 0.0696. The van der Waals surface area contributed by atoms with E-state index in [2.05, 4.69) is 17.1 Å². The van der Waals surface area contributed by atoms with Gasteiger partial charge in [0.05, 0.1) is 0 Å². The highest BCUT2D eigenvalue weighted by Gasteiger charge is 2.20. The fourth-order valence-corrected chi connectivity index (χ4v) is 2.14. The Bertz CT molecular complexity index is 481. The second-order valence-electron chi connectivity index (χ2n) is 4.29. The summed E-state index contributed by atoms with van der Waals surface area (Å²) in [5, 5.41) is 9.28. The van der Waals surface area contributed by atoms with Gasteiger partial charge in [0.15, 0.2) is 0 Å². The van der Waals surface area contributed by atoms with Gasteiger partial charge in [0.2, 0.25) is 0 Å². The van der Waals surface area contributed by atoms with Crippen LogP contribution in [0.1, 0.15) is 28.0 Å². The minimum absolute atomic E-state index is 0.325. The van der Waals surface area contributed by atoms with Crippen molar-refractivity contribution in [1.29, 1.82) is 0 Å². The van der Waals surface area contributed by atoms with E-state index in [4.69, 9.17) is 0 Å². The second-order valence-corrected chi connectivity index (χ2v) is 4.29. The Kier molecular flexibility index (Phi) is 3.13. The summed E-state index contributed by atoms with van der Waals surface area (Å²) >= 11 is 0. The van der Waals surface area contributed by atoms with Gasteiger partial charge in [0.25, 0.3) is 0 Å². The molecule has 1 N–H and O–H groups in total. The quantitative estimate of drug-likeness (QED) is 0.794. The van der Waals surface area contributed by atoms with Crippen molar-refractivity contribution in [3.05, 3.63) is 35.0 Å². The summed E-state index contributed by atoms with van der Waals surface area (Å²) in [4.78, 5) is 17.7. The lowest BCUT2D eigenvalue weighted by atomic mass is 10.1. The van der Waals surface area contributed by atoms with Gasteiger partial charge in [-0.15, -0.1) is 0 Å². The number of carboxylic acid groups (broad SMARTS) is 1. The lowest BCUT2D eigenvalue weighted by Gasteiger charge is -2.26. The van der Waals surface area contributed by atoms with E-state index in [0.29, 0.717) is 11.4 Å². The van der Waals surface area contributed by atoms with Gasteiger partial charge in [-0.3, -0.25) is 0 Å². The molecule has 1 aliphatic heterocycles. The predicted octanol–water partition coefficient (Wildman–Crippen LogP) is 2.16. The molecule has 0 saturated carbocycles. The first-order valence-electron chi connectivity index (χ1n) is 5.71. The number of aryl methyl sites for hydroxylation is 2. The molecule has 1 aromatic heterocycles. The first kappa shape index (κ1) is 11.6. The van der Waals surface area contributed by atoms with Crippen LogP contribution in [0.15, 0.2) is 18.2 Å². The molecule has 0 fully saturated rings. The summed E-state index contributed by atoms with van der Waals surface area (Å²) in [5.41, 5.74) is 1.96. The molecule has 0 bridgehead atoms. The van der Waals surface area contributed by atoms with Gasteiger partial charge < -0.3 is 10.0 Å². The van der Waals surface area contributed by atoms with Gasteiger partial charge in [-0.1, -0.05) is 12.2 Å². The maximum absolute atomic E-state index is 11.3. The number of nitrogens with zero attached hydrogens (tertiary/aromatic N) is 2. The first-order valence-corrected chi connectivity index (χ1v) is 5.71. The predicted molar refractivity (Wildman–Crippen MR) is 66.6 cm³/mol. The minimum atomic E-state index is -0.903. The van der Waals surface area contributed by atoms with Crippen molar-refractivity contribution in [2.24, 2.45) is 0 Å². The maximum Gasteiger partial charge on any atom is 0.339 e. The van der Waals surface area contributed by atoms with Crippen molar-refractivity contribution >= 4 is 11.8 Å². The fourth-order valence-electron chi connectivity index (χ4n) is 2.14. The second kappa shape index (κ2) is 4.57. The van der Waals surface area contributed by atoms with Crippen LogP contribution in [-0.4, -0.2) is 29.1 Å². The zero-order valence-electron chi connectivity index (χ0n) is 10.1. The summed E-state index contributed by atoms with van der Waals surface area (Å²) in [6.45, 7) is 5.27. The van der Waals surface area contributed by atoms with E-state index in [9.17, 15) is 9.90 Å². The van der Waals surface area contributed by atoms with Gasteiger partial charge in [-0.05, 0) is 31.9 Å². The Hall–Kier alpha value is -1.84. The molecule has 0 atom stereocenters. The molecule has 0 amide bonds. The summed E-state index contributed by atoms with van der Waals surface area (Å²) in [6, 6.07) is 1.81. The molecule has 2 heterocycles. The summed E-state index contributed by atoms with van der Waals surface area (Å²) < 4.78 is 0. The van der Waals surface area contributed by atoms with Crippen molar-refractivity contribution in [2.45, 2.75) is 20.3 Å². The third kappa shape index (κ3) is 2.30. The van der Waals surface area contributed by atoms with Gasteiger partial charge in [-0.2, -0.15) is 0 Å². The Morgan fingerprint density at radius 1 is 1.41 bits per heavy atom. The molecule has 90 valence electrons. The largest absolute Gasteiger partial charge is 0.478 e. The van der Waals surface area contributed by atoms with E-state index in [1.807, 2.05) is 24.8 Å². The van der Waals surface area contributed by atoms with E-state index in [1.54, 1.807) is 0 Å². The normalized spacial score (nSPS) is 15.1. The highest BCUT2D eigenvalue weighted by molar-refractivity contribution is 5.95. The first-order chi connectivity index (χ1) is 8.09. The van der Waals surface area contributed by atoms with E-state index >= 15 is 0 Å². The molecular weight excluding hydrogens is 216 g/mol. The van der Waals surface area contributed by atoms with Gasteiger partial charge in [-0.25, -0.2) is 9.78 Å². The number of hydrogen-bond acceptors (Lipinski definition) is 3. The molecule has 0 saturated heterocycles. The van der Waals surface area contributed by atoms with Crippen molar-refractivity contribution in [2.75, 3.05) is 18.0 Å². The maximum atomic E-state index is 11.3. The summed E-state index contributed by atoms with van der Waals surface area (Å²) in [5.74, 6) is -0.307. The molecular formula is C13H16N2O2. The van der Waals surface area contributed by atoms with Crippen LogP contribution in [0, 0.1) is 13.8 Å². The number of aromatic carboxylic acids is 1. The van der Waals surface area contributed by atoms with Crippen molar-refractivity contribution in [1.82, 2.24) is 4.98 Å². The van der Waals surface area contributed by atoms with E-state index in [0.717, 1.165) is 30.8 Å². The molecule has 0 aromatic carbocycles. The molecule has 0 spiro atoms. The SMILES string of the molecule is Cc1cc(C)c(C(=O)O)c(N2CC=CCC2)n1. The van der Waals surface area contributed by atoms with E-state index in [-0.39, 0.29) is 0 Å². The zero-order valence-corrected chi connectivity index (χ0v) is 10.1. The smallest absolute Gasteiger partial charge is 0.339 e. The van der Waals surface area contributed by atoms with Crippen molar-refractivity contribution < 1.29 is 9.90 Å². The Morgan fingerprint density at radius 2 is 2.18 bits per heavy atom. The third-order valence-electron chi connectivity index (χ3n) is 2.90. The van der Waals surface area contributed by atoms with Crippen LogP contribution >= 0.6 is 0 Å². The monoisotopic (exact) mass is 232 g/mol. The third-order valence-corrected chi connectivity index (χ3v) is 2.90. The average molecular weight is 232 g/mol. The van der Waals surface area contributed by atoms with Crippen LogP contribution in [0.4, 0.5) is 5.82 Å².